The van der Waals surface area contributed by atoms with Crippen molar-refractivity contribution in [3.8, 4) is 0 Å². The Hall–Kier alpha value is -1.04. The van der Waals surface area contributed by atoms with E-state index in [1.165, 1.54) is 17.2 Å². The van der Waals surface area contributed by atoms with E-state index >= 15 is 0 Å². The molecule has 1 heterocycles. The summed E-state index contributed by atoms with van der Waals surface area (Å²) in [5.41, 5.74) is 0. The summed E-state index contributed by atoms with van der Waals surface area (Å²) in [6.45, 7) is 4.14. The third-order valence-corrected chi connectivity index (χ3v) is 3.19. The van der Waals surface area contributed by atoms with Gasteiger partial charge in [0, 0.05) is 12.8 Å². The first kappa shape index (κ1) is 12.0. The number of sulfone groups is 1. The lowest BCUT2D eigenvalue weighted by molar-refractivity contribution is 0.0619. The van der Waals surface area contributed by atoms with Gasteiger partial charge in [-0.1, -0.05) is 12.7 Å². The van der Waals surface area contributed by atoms with Crippen LogP contribution in [0.5, 0.6) is 0 Å². The van der Waals surface area contributed by atoms with Gasteiger partial charge in [0.25, 0.3) is 0 Å². The quantitative estimate of drug-likeness (QED) is 0.660. The Balaban J connectivity index is 2.44. The number of nitrogens with zero attached hydrogens (tertiary/aromatic N) is 1. The Labute approximate surface area is 89.6 Å². The third-order valence-electron chi connectivity index (χ3n) is 2.20. The molecule has 1 amide bonds. The van der Waals surface area contributed by atoms with Gasteiger partial charge in [-0.05, 0) is 6.42 Å². The van der Waals surface area contributed by atoms with Crippen LogP contribution in [0.2, 0.25) is 0 Å². The molecule has 0 bridgehead atoms. The number of rotatable bonds is 4. The number of ether oxygens (including phenoxy) is 1. The zero-order valence-corrected chi connectivity index (χ0v) is 9.50. The average Bonchev–Trinajstić information content (AvgIpc) is 2.08. The van der Waals surface area contributed by atoms with Crippen LogP contribution in [-0.4, -0.2) is 50.6 Å². The van der Waals surface area contributed by atoms with Crippen LogP contribution in [0.1, 0.15) is 6.42 Å². The molecule has 1 atom stereocenters. The number of hydrogen-bond acceptors (Lipinski definition) is 4. The van der Waals surface area contributed by atoms with Crippen molar-refractivity contribution < 1.29 is 17.9 Å². The largest absolute Gasteiger partial charge is 0.445 e. The van der Waals surface area contributed by atoms with Crippen LogP contribution in [0.3, 0.4) is 0 Å². The first-order valence-electron chi connectivity index (χ1n) is 4.66. The molecule has 0 aromatic rings. The second-order valence-corrected chi connectivity index (χ2v) is 5.78. The summed E-state index contributed by atoms with van der Waals surface area (Å²) < 4.78 is 26.9. The van der Waals surface area contributed by atoms with Gasteiger partial charge in [0.15, 0.2) is 0 Å². The van der Waals surface area contributed by atoms with Crippen LogP contribution in [-0.2, 0) is 14.6 Å². The van der Waals surface area contributed by atoms with Gasteiger partial charge in [-0.2, -0.15) is 0 Å². The zero-order valence-electron chi connectivity index (χ0n) is 8.68. The molecule has 0 unspecified atom stereocenters. The maximum absolute atomic E-state index is 11.3. The minimum atomic E-state index is -3.04. The molecule has 1 aliphatic rings. The van der Waals surface area contributed by atoms with E-state index in [1.807, 2.05) is 0 Å². The maximum atomic E-state index is 11.3. The topological polar surface area (TPSA) is 63.7 Å². The summed E-state index contributed by atoms with van der Waals surface area (Å²) in [7, 11) is -3.04. The third kappa shape index (κ3) is 3.54. The van der Waals surface area contributed by atoms with E-state index in [0.717, 1.165) is 6.42 Å². The number of carbonyl (C=O) groups excluding carboxylic acids is 1. The monoisotopic (exact) mass is 233 g/mol. The van der Waals surface area contributed by atoms with Gasteiger partial charge in [-0.15, -0.1) is 0 Å². The lowest BCUT2D eigenvalue weighted by Crippen LogP contribution is -2.54. The molecule has 1 rings (SSSR count). The van der Waals surface area contributed by atoms with Gasteiger partial charge in [0.05, 0.1) is 11.8 Å². The highest BCUT2D eigenvalue weighted by molar-refractivity contribution is 7.90. The number of hydrogen-bond donors (Lipinski definition) is 0. The first-order valence-corrected chi connectivity index (χ1v) is 6.72. The predicted octanol–water partition coefficient (Wildman–Crippen LogP) is 0.428. The highest BCUT2D eigenvalue weighted by Gasteiger charge is 2.35. The molecule has 86 valence electrons. The van der Waals surface area contributed by atoms with Crippen molar-refractivity contribution in [2.75, 3.05) is 25.2 Å². The van der Waals surface area contributed by atoms with E-state index < -0.39 is 15.9 Å². The van der Waals surface area contributed by atoms with Crippen LogP contribution < -0.4 is 0 Å². The number of likely N-dealkylation sites (tertiary alicyclic amines) is 1. The van der Waals surface area contributed by atoms with E-state index in [0.29, 0.717) is 6.54 Å². The van der Waals surface area contributed by atoms with Gasteiger partial charge in [-0.3, -0.25) is 0 Å². The molecule has 0 spiro atoms. The van der Waals surface area contributed by atoms with Crippen molar-refractivity contribution >= 4 is 15.9 Å². The summed E-state index contributed by atoms with van der Waals surface area (Å²) in [5.74, 6) is 0.0101. The van der Waals surface area contributed by atoms with Crippen molar-refractivity contribution in [1.29, 1.82) is 0 Å². The second-order valence-electron chi connectivity index (χ2n) is 3.59. The van der Waals surface area contributed by atoms with E-state index in [2.05, 4.69) is 6.58 Å². The molecule has 1 aliphatic heterocycles. The summed E-state index contributed by atoms with van der Waals surface area (Å²) in [6, 6.07) is -0.225. The Morgan fingerprint density at radius 2 is 2.33 bits per heavy atom. The molecule has 6 heteroatoms. The first-order chi connectivity index (χ1) is 6.94. The Morgan fingerprint density at radius 1 is 1.67 bits per heavy atom. The van der Waals surface area contributed by atoms with Crippen molar-refractivity contribution in [3.05, 3.63) is 12.7 Å². The van der Waals surface area contributed by atoms with E-state index in [4.69, 9.17) is 4.74 Å². The molecule has 1 fully saturated rings. The lowest BCUT2D eigenvalue weighted by Gasteiger charge is -2.39. The highest BCUT2D eigenvalue weighted by Crippen LogP contribution is 2.19. The summed E-state index contributed by atoms with van der Waals surface area (Å²) >= 11 is 0. The van der Waals surface area contributed by atoms with Crippen LogP contribution in [0.15, 0.2) is 12.7 Å². The van der Waals surface area contributed by atoms with E-state index in [-0.39, 0.29) is 18.4 Å². The van der Waals surface area contributed by atoms with Crippen LogP contribution in [0, 0.1) is 0 Å². The summed E-state index contributed by atoms with van der Waals surface area (Å²) in [6.07, 6.45) is 2.90. The summed E-state index contributed by atoms with van der Waals surface area (Å²) in [4.78, 5) is 12.8. The molecule has 0 aliphatic carbocycles. The Kier molecular flexibility index (Phi) is 3.73. The minimum Gasteiger partial charge on any atom is -0.445 e. The molecule has 0 aromatic heterocycles. The standard InChI is InChI=1S/C9H15NO4S/c1-3-6-14-9(11)10-5-4-8(10)7-15(2,12)13/h3,8H,1,4-7H2,2H3/t8-/m0/s1. The van der Waals surface area contributed by atoms with Gasteiger partial charge < -0.3 is 9.64 Å². The second kappa shape index (κ2) is 4.65. The van der Waals surface area contributed by atoms with E-state index in [1.54, 1.807) is 0 Å². The van der Waals surface area contributed by atoms with Crippen molar-refractivity contribution in [1.82, 2.24) is 4.90 Å². The normalized spacial score (nSPS) is 20.6. The number of carbonyl (C=O) groups is 1. The fourth-order valence-electron chi connectivity index (χ4n) is 1.42. The molecule has 0 saturated carbocycles. The molecule has 0 N–H and O–H groups in total. The molecule has 0 radical (unpaired) electrons. The predicted molar refractivity (Wildman–Crippen MR) is 56.4 cm³/mol. The van der Waals surface area contributed by atoms with Crippen LogP contribution >= 0.6 is 0 Å². The fraction of sp³-hybridized carbons (Fsp3) is 0.667. The SMILES string of the molecule is C=CCOC(=O)N1CC[C@H]1CS(C)(=O)=O. The van der Waals surface area contributed by atoms with Gasteiger partial charge in [0.2, 0.25) is 0 Å². The summed E-state index contributed by atoms with van der Waals surface area (Å²) in [5, 5.41) is 0. The van der Waals surface area contributed by atoms with Crippen molar-refractivity contribution in [2.24, 2.45) is 0 Å². The molecule has 0 aromatic carbocycles. The number of amides is 1. The average molecular weight is 233 g/mol. The zero-order chi connectivity index (χ0) is 11.5. The molecular weight excluding hydrogens is 218 g/mol. The molecular formula is C9H15NO4S. The smallest absolute Gasteiger partial charge is 0.410 e. The van der Waals surface area contributed by atoms with Gasteiger partial charge in [-0.25, -0.2) is 13.2 Å². The van der Waals surface area contributed by atoms with Crippen LogP contribution in [0.25, 0.3) is 0 Å². The Bertz CT molecular complexity index is 349. The molecule has 5 nitrogen and oxygen atoms in total. The maximum Gasteiger partial charge on any atom is 0.410 e. The van der Waals surface area contributed by atoms with Gasteiger partial charge >= 0.3 is 6.09 Å². The highest BCUT2D eigenvalue weighted by atomic mass is 32.2. The van der Waals surface area contributed by atoms with Crippen molar-refractivity contribution in [3.63, 3.8) is 0 Å². The minimum absolute atomic E-state index is 0.0101. The van der Waals surface area contributed by atoms with Crippen molar-refractivity contribution in [2.45, 2.75) is 12.5 Å². The molecule has 15 heavy (non-hydrogen) atoms. The molecule has 1 saturated heterocycles. The van der Waals surface area contributed by atoms with Gasteiger partial charge in [0.1, 0.15) is 16.4 Å². The lowest BCUT2D eigenvalue weighted by atomic mass is 10.1. The van der Waals surface area contributed by atoms with Crippen LogP contribution in [0.4, 0.5) is 4.79 Å². The van der Waals surface area contributed by atoms with E-state index in [9.17, 15) is 13.2 Å². The Morgan fingerprint density at radius 3 is 2.73 bits per heavy atom. The fourth-order valence-corrected chi connectivity index (χ4v) is 2.46.